The van der Waals surface area contributed by atoms with Gasteiger partial charge in [-0.15, -0.1) is 0 Å². The molecule has 0 atom stereocenters. The molecule has 2 fully saturated rings. The van der Waals surface area contributed by atoms with Gasteiger partial charge in [0.2, 0.25) is 0 Å². The van der Waals surface area contributed by atoms with Gasteiger partial charge >= 0.3 is 0 Å². The lowest BCUT2D eigenvalue weighted by atomic mass is 10.0. The van der Waals surface area contributed by atoms with Crippen LogP contribution in [0.25, 0.3) is 0 Å². The maximum atomic E-state index is 13.9. The molecule has 0 aromatic heterocycles. The first kappa shape index (κ1) is 14.8. The first-order chi connectivity index (χ1) is 9.82. The zero-order valence-corrected chi connectivity index (χ0v) is 12.8. The zero-order chi connectivity index (χ0) is 15.3. The van der Waals surface area contributed by atoms with Gasteiger partial charge in [0.05, 0.1) is 10.5 Å². The van der Waals surface area contributed by atoms with Gasteiger partial charge < -0.3 is 5.32 Å². The molecule has 21 heavy (non-hydrogen) atoms. The van der Waals surface area contributed by atoms with Crippen LogP contribution in [0, 0.1) is 17.2 Å². The quantitative estimate of drug-likeness (QED) is 0.844. The van der Waals surface area contributed by atoms with E-state index in [2.05, 4.69) is 5.32 Å². The lowest BCUT2D eigenvalue weighted by Crippen LogP contribution is -2.31. The van der Waals surface area contributed by atoms with E-state index < -0.39 is 20.8 Å². The van der Waals surface area contributed by atoms with E-state index in [9.17, 15) is 17.6 Å². The maximum Gasteiger partial charge on any atom is 0.261 e. The van der Waals surface area contributed by atoms with Crippen molar-refractivity contribution >= 4 is 25.6 Å². The van der Waals surface area contributed by atoms with Crippen molar-refractivity contribution in [2.24, 2.45) is 11.3 Å². The number of nitrogens with one attached hydrogen (secondary N) is 1. The predicted molar refractivity (Wildman–Crippen MR) is 76.2 cm³/mol. The summed E-state index contributed by atoms with van der Waals surface area (Å²) in [6, 6.07) is 3.05. The average Bonchev–Trinajstić information content (AvgIpc) is 3.25. The Morgan fingerprint density at radius 2 is 2.05 bits per heavy atom. The van der Waals surface area contributed by atoms with Crippen LogP contribution in [0.4, 0.5) is 4.39 Å². The molecule has 1 aromatic rings. The number of benzene rings is 1. The second kappa shape index (κ2) is 4.95. The Morgan fingerprint density at radius 1 is 1.38 bits per heavy atom. The molecule has 1 amide bonds. The maximum absolute atomic E-state index is 13.9. The van der Waals surface area contributed by atoms with Gasteiger partial charge in [-0.2, -0.15) is 0 Å². The van der Waals surface area contributed by atoms with Gasteiger partial charge in [-0.1, -0.05) is 0 Å². The van der Waals surface area contributed by atoms with Crippen molar-refractivity contribution in [2.45, 2.75) is 30.6 Å². The molecule has 0 heterocycles. The van der Waals surface area contributed by atoms with E-state index in [-0.39, 0.29) is 15.9 Å². The van der Waals surface area contributed by atoms with E-state index in [4.69, 9.17) is 10.7 Å². The zero-order valence-electron chi connectivity index (χ0n) is 11.2. The molecule has 2 saturated carbocycles. The van der Waals surface area contributed by atoms with E-state index in [0.29, 0.717) is 12.5 Å². The topological polar surface area (TPSA) is 63.2 Å². The first-order valence-corrected chi connectivity index (χ1v) is 9.15. The van der Waals surface area contributed by atoms with Crippen LogP contribution in [0.3, 0.4) is 0 Å². The fourth-order valence-corrected chi connectivity index (χ4v) is 3.53. The Morgan fingerprint density at radius 3 is 2.52 bits per heavy atom. The van der Waals surface area contributed by atoms with Crippen molar-refractivity contribution < 1.29 is 17.6 Å². The van der Waals surface area contributed by atoms with Gasteiger partial charge in [-0.25, -0.2) is 12.8 Å². The molecule has 0 radical (unpaired) electrons. The summed E-state index contributed by atoms with van der Waals surface area (Å²) < 4.78 is 36.1. The molecule has 4 nitrogen and oxygen atoms in total. The van der Waals surface area contributed by atoms with Crippen molar-refractivity contribution in [3.8, 4) is 0 Å². The third-order valence-corrected chi connectivity index (χ3v) is 5.75. The van der Waals surface area contributed by atoms with Crippen molar-refractivity contribution in [1.82, 2.24) is 5.32 Å². The summed E-state index contributed by atoms with van der Waals surface area (Å²) in [4.78, 5) is 11.7. The van der Waals surface area contributed by atoms with Crippen LogP contribution < -0.4 is 5.32 Å². The lowest BCUT2D eigenvalue weighted by Gasteiger charge is -2.15. The van der Waals surface area contributed by atoms with Crippen LogP contribution in [-0.2, 0) is 9.05 Å². The van der Waals surface area contributed by atoms with Crippen LogP contribution in [-0.4, -0.2) is 20.9 Å². The summed E-state index contributed by atoms with van der Waals surface area (Å²) in [6.45, 7) is 0.561. The van der Waals surface area contributed by atoms with Gasteiger partial charge in [0.1, 0.15) is 5.82 Å². The largest absolute Gasteiger partial charge is 0.351 e. The number of hydrogen-bond donors (Lipinski definition) is 1. The van der Waals surface area contributed by atoms with Crippen molar-refractivity contribution in [1.29, 1.82) is 0 Å². The Bertz CT molecular complexity index is 696. The standard InChI is InChI=1S/C14H15ClFNO3S/c15-21(19,20)10-3-4-11(12(16)7-10)13(18)17-8-14(5-6-14)9-1-2-9/h3-4,7,9H,1-2,5-6,8H2,(H,17,18). The third-order valence-electron chi connectivity index (χ3n) is 4.40. The second-order valence-corrected chi connectivity index (χ2v) is 8.46. The minimum absolute atomic E-state index is 0.161. The van der Waals surface area contributed by atoms with E-state index >= 15 is 0 Å². The first-order valence-electron chi connectivity index (χ1n) is 6.84. The smallest absolute Gasteiger partial charge is 0.261 e. The minimum atomic E-state index is -4.00. The average molecular weight is 332 g/mol. The van der Waals surface area contributed by atoms with Crippen LogP contribution in [0.15, 0.2) is 23.1 Å². The molecule has 0 bridgehead atoms. The number of rotatable bonds is 5. The molecule has 114 valence electrons. The molecule has 0 saturated heterocycles. The summed E-state index contributed by atoms with van der Waals surface area (Å²) in [5, 5.41) is 2.76. The van der Waals surface area contributed by atoms with Crippen molar-refractivity contribution in [2.75, 3.05) is 6.54 Å². The Kier molecular flexibility index (Phi) is 3.48. The molecule has 2 aliphatic carbocycles. The molecule has 0 unspecified atom stereocenters. The minimum Gasteiger partial charge on any atom is -0.351 e. The van der Waals surface area contributed by atoms with Crippen LogP contribution in [0.2, 0.25) is 0 Å². The SMILES string of the molecule is O=C(NCC1(C2CC2)CC1)c1ccc(S(=O)(=O)Cl)cc1F. The fourth-order valence-electron chi connectivity index (χ4n) is 2.77. The molecule has 7 heteroatoms. The monoisotopic (exact) mass is 331 g/mol. The number of halogens is 2. The summed E-state index contributed by atoms with van der Waals surface area (Å²) in [5.74, 6) is -0.699. The van der Waals surface area contributed by atoms with E-state index in [1.165, 1.54) is 12.8 Å². The highest BCUT2D eigenvalue weighted by molar-refractivity contribution is 8.13. The number of amides is 1. The highest BCUT2D eigenvalue weighted by Crippen LogP contribution is 2.60. The van der Waals surface area contributed by atoms with Crippen molar-refractivity contribution in [3.05, 3.63) is 29.6 Å². The fraction of sp³-hybridized carbons (Fsp3) is 0.500. The number of carbonyl (C=O) groups excluding carboxylic acids is 1. The van der Waals surface area contributed by atoms with Gasteiger partial charge in [0.25, 0.3) is 15.0 Å². The Labute approximate surface area is 127 Å². The van der Waals surface area contributed by atoms with Crippen molar-refractivity contribution in [3.63, 3.8) is 0 Å². The molecule has 2 aliphatic rings. The number of carbonyl (C=O) groups is 1. The molecule has 0 spiro atoms. The second-order valence-electron chi connectivity index (χ2n) is 5.90. The molecule has 3 rings (SSSR count). The van der Waals surface area contributed by atoms with Crippen LogP contribution >= 0.6 is 10.7 Å². The third kappa shape index (κ3) is 3.06. The molecule has 0 aliphatic heterocycles. The van der Waals surface area contributed by atoms with Gasteiger partial charge in [0.15, 0.2) is 0 Å². The molecule has 1 aromatic carbocycles. The number of hydrogen-bond acceptors (Lipinski definition) is 3. The van der Waals surface area contributed by atoms with Crippen LogP contribution in [0.5, 0.6) is 0 Å². The van der Waals surface area contributed by atoms with Gasteiger partial charge in [0, 0.05) is 17.2 Å². The highest BCUT2D eigenvalue weighted by atomic mass is 35.7. The summed E-state index contributed by atoms with van der Waals surface area (Å²) in [5.41, 5.74) is 0.0663. The van der Waals surface area contributed by atoms with E-state index in [1.54, 1.807) is 0 Å². The normalized spacial score (nSPS) is 20.1. The lowest BCUT2D eigenvalue weighted by molar-refractivity contribution is 0.0938. The van der Waals surface area contributed by atoms with E-state index in [1.807, 2.05) is 0 Å². The van der Waals surface area contributed by atoms with E-state index in [0.717, 1.165) is 31.0 Å². The van der Waals surface area contributed by atoms with Crippen LogP contribution in [0.1, 0.15) is 36.0 Å². The molecular formula is C14H15ClFNO3S. The predicted octanol–water partition coefficient (Wildman–Crippen LogP) is 2.67. The molecule has 1 N–H and O–H groups in total. The highest BCUT2D eigenvalue weighted by Gasteiger charge is 2.53. The molecular weight excluding hydrogens is 317 g/mol. The summed E-state index contributed by atoms with van der Waals surface area (Å²) >= 11 is 0. The Balaban J connectivity index is 1.70. The van der Waals surface area contributed by atoms with Gasteiger partial charge in [-0.3, -0.25) is 4.79 Å². The summed E-state index contributed by atoms with van der Waals surface area (Å²) in [7, 11) is 1.14. The summed E-state index contributed by atoms with van der Waals surface area (Å²) in [6.07, 6.45) is 4.66. The van der Waals surface area contributed by atoms with Gasteiger partial charge in [-0.05, 0) is 55.2 Å². The Hall–Kier alpha value is -1.14.